The number of ether oxygens (including phenoxy) is 1. The maximum absolute atomic E-state index is 13.3. The Morgan fingerprint density at radius 2 is 2.09 bits per heavy atom. The molecule has 8 nitrogen and oxygen atoms in total. The highest BCUT2D eigenvalue weighted by molar-refractivity contribution is 9.10. The molecule has 1 aliphatic carbocycles. The maximum Gasteiger partial charge on any atom is 0.340 e. The third-order valence-electron chi connectivity index (χ3n) is 5.63. The summed E-state index contributed by atoms with van der Waals surface area (Å²) >= 11 is 4.51. The third-order valence-corrected chi connectivity index (χ3v) is 8.34. The Balaban J connectivity index is 1.94. The molecule has 0 radical (unpaired) electrons. The van der Waals surface area contributed by atoms with Crippen LogP contribution in [0.3, 0.4) is 0 Å². The van der Waals surface area contributed by atoms with E-state index in [9.17, 15) is 9.00 Å². The van der Waals surface area contributed by atoms with E-state index in [0.717, 1.165) is 51.4 Å². The highest BCUT2D eigenvalue weighted by atomic mass is 79.9. The molecule has 34 heavy (non-hydrogen) atoms. The number of carbonyl (C=O) groups excluding carboxylic acids is 1. The highest BCUT2D eigenvalue weighted by Crippen LogP contribution is 2.44. The van der Waals surface area contributed by atoms with Crippen LogP contribution in [-0.2, 0) is 27.8 Å². The van der Waals surface area contributed by atoms with Gasteiger partial charge in [-0.15, -0.1) is 0 Å². The number of imidazole rings is 1. The number of aromatic nitrogens is 3. The molecule has 2 heterocycles. The van der Waals surface area contributed by atoms with E-state index in [-0.39, 0.29) is 27.8 Å². The Morgan fingerprint density at radius 1 is 1.35 bits per heavy atom. The van der Waals surface area contributed by atoms with Gasteiger partial charge in [-0.3, -0.25) is 15.0 Å². The van der Waals surface area contributed by atoms with Crippen LogP contribution >= 0.6 is 27.7 Å². The summed E-state index contributed by atoms with van der Waals surface area (Å²) in [7, 11) is -1.69. The minimum atomic E-state index is -1.69. The molecule has 1 saturated carbocycles. The smallest absolute Gasteiger partial charge is 0.340 e. The summed E-state index contributed by atoms with van der Waals surface area (Å²) in [5, 5.41) is 16.8. The standard InChI is InChI=1S/C23H26BrN5O3S2/c1-4-32-22(30)21-19(12-34(31)23(26)33-13(2)25)29(17-5-6-17)18-10-16(24)9-15(20(18)21)11-28-8-7-27-14(28)3/h7-10,17,25-26H,4-6,11-12H2,1-3H3. The monoisotopic (exact) mass is 563 g/mol. The average Bonchev–Trinajstić information content (AvgIpc) is 3.43. The van der Waals surface area contributed by atoms with E-state index < -0.39 is 16.8 Å². The van der Waals surface area contributed by atoms with Crippen LogP contribution in [0.2, 0.25) is 0 Å². The fourth-order valence-corrected chi connectivity index (χ4v) is 6.46. The number of esters is 1. The van der Waals surface area contributed by atoms with Crippen molar-refractivity contribution in [2.45, 2.75) is 52.0 Å². The number of benzene rings is 1. The third kappa shape index (κ3) is 5.06. The van der Waals surface area contributed by atoms with Crippen LogP contribution in [0.15, 0.2) is 29.0 Å². The maximum atomic E-state index is 13.3. The molecule has 3 aromatic rings. The van der Waals surface area contributed by atoms with E-state index >= 15 is 0 Å². The van der Waals surface area contributed by atoms with Crippen LogP contribution in [0.1, 0.15) is 60.2 Å². The van der Waals surface area contributed by atoms with Gasteiger partial charge in [0.25, 0.3) is 0 Å². The van der Waals surface area contributed by atoms with Crippen molar-refractivity contribution in [2.75, 3.05) is 6.61 Å². The molecule has 1 atom stereocenters. The Morgan fingerprint density at radius 3 is 2.68 bits per heavy atom. The summed E-state index contributed by atoms with van der Waals surface area (Å²) in [5.41, 5.74) is 2.87. The molecule has 180 valence electrons. The zero-order chi connectivity index (χ0) is 24.6. The summed E-state index contributed by atoms with van der Waals surface area (Å²) in [4.78, 5) is 17.6. The second kappa shape index (κ2) is 10.2. The van der Waals surface area contributed by atoms with E-state index in [1.54, 1.807) is 20.0 Å². The highest BCUT2D eigenvalue weighted by Gasteiger charge is 2.34. The fourth-order valence-electron chi connectivity index (χ4n) is 4.11. The number of rotatable bonds is 7. The number of halogens is 1. The van der Waals surface area contributed by atoms with Gasteiger partial charge in [-0.25, -0.2) is 9.78 Å². The van der Waals surface area contributed by atoms with Crippen molar-refractivity contribution >= 4 is 64.8 Å². The number of thioether (sulfide) groups is 1. The molecule has 0 amide bonds. The van der Waals surface area contributed by atoms with E-state index in [0.29, 0.717) is 17.8 Å². The summed E-state index contributed by atoms with van der Waals surface area (Å²) in [6.07, 6.45) is 5.59. The van der Waals surface area contributed by atoms with Crippen molar-refractivity contribution in [3.05, 3.63) is 51.6 Å². The van der Waals surface area contributed by atoms with Crippen molar-refractivity contribution in [1.29, 1.82) is 10.8 Å². The van der Waals surface area contributed by atoms with Crippen molar-refractivity contribution in [3.8, 4) is 0 Å². The van der Waals surface area contributed by atoms with Crippen LogP contribution < -0.4 is 0 Å². The minimum Gasteiger partial charge on any atom is -0.462 e. The first-order valence-electron chi connectivity index (χ1n) is 10.9. The van der Waals surface area contributed by atoms with Crippen LogP contribution in [0.5, 0.6) is 0 Å². The molecule has 2 N–H and O–H groups in total. The van der Waals surface area contributed by atoms with Gasteiger partial charge in [0, 0.05) is 40.5 Å². The molecule has 0 saturated heterocycles. The molecule has 0 aliphatic heterocycles. The Kier molecular flexibility index (Phi) is 7.44. The van der Waals surface area contributed by atoms with E-state index in [4.69, 9.17) is 15.6 Å². The molecule has 0 spiro atoms. The van der Waals surface area contributed by atoms with Gasteiger partial charge in [-0.1, -0.05) is 15.9 Å². The lowest BCUT2D eigenvalue weighted by Gasteiger charge is -2.11. The normalized spacial score (nSPS) is 14.4. The molecule has 4 rings (SSSR count). The fraction of sp³-hybridized carbons (Fsp3) is 0.391. The van der Waals surface area contributed by atoms with Crippen LogP contribution in [0.25, 0.3) is 10.9 Å². The molecule has 1 aromatic carbocycles. The second-order valence-electron chi connectivity index (χ2n) is 8.14. The molecule has 2 aromatic heterocycles. The summed E-state index contributed by atoms with van der Waals surface area (Å²) < 4.78 is 23.5. The molecular weight excluding hydrogens is 538 g/mol. The lowest BCUT2D eigenvalue weighted by atomic mass is 10.0. The molecule has 1 unspecified atom stereocenters. The van der Waals surface area contributed by atoms with E-state index in [1.165, 1.54) is 0 Å². The van der Waals surface area contributed by atoms with Gasteiger partial charge in [0.05, 0.1) is 39.3 Å². The average molecular weight is 565 g/mol. The Labute approximate surface area is 213 Å². The van der Waals surface area contributed by atoms with Gasteiger partial charge in [0.15, 0.2) is 4.38 Å². The first-order valence-corrected chi connectivity index (χ1v) is 13.8. The van der Waals surface area contributed by atoms with Gasteiger partial charge in [-0.05, 0) is 63.1 Å². The molecule has 11 heteroatoms. The van der Waals surface area contributed by atoms with Crippen molar-refractivity contribution in [3.63, 3.8) is 0 Å². The Bertz CT molecular complexity index is 1330. The number of nitrogens with zero attached hydrogens (tertiary/aromatic N) is 3. The van der Waals surface area contributed by atoms with Gasteiger partial charge < -0.3 is 13.9 Å². The van der Waals surface area contributed by atoms with E-state index in [2.05, 4.69) is 25.5 Å². The van der Waals surface area contributed by atoms with Crippen molar-refractivity contribution < 1.29 is 13.7 Å². The van der Waals surface area contributed by atoms with Crippen molar-refractivity contribution in [2.24, 2.45) is 0 Å². The number of hydrogen-bond acceptors (Lipinski definition) is 7. The molecule has 1 fully saturated rings. The number of aryl methyl sites for hydroxylation is 1. The number of carbonyl (C=O) groups is 1. The first kappa shape index (κ1) is 24.9. The van der Waals surface area contributed by atoms with Crippen LogP contribution in [0.4, 0.5) is 0 Å². The SMILES string of the molecule is CCOC(=O)c1c(CS(=O)C(=N)SC(C)=N)n(C2CC2)c2cc(Br)cc(Cn3ccnc3C)c12. The predicted molar refractivity (Wildman–Crippen MR) is 140 cm³/mol. The molecule has 0 bridgehead atoms. The minimum absolute atomic E-state index is 0.0135. The zero-order valence-electron chi connectivity index (χ0n) is 19.2. The van der Waals surface area contributed by atoms with Crippen LogP contribution in [0, 0.1) is 17.7 Å². The van der Waals surface area contributed by atoms with Gasteiger partial charge in [0.1, 0.15) is 5.82 Å². The second-order valence-corrected chi connectivity index (χ2v) is 11.9. The van der Waals surface area contributed by atoms with E-state index in [1.807, 2.05) is 29.8 Å². The largest absolute Gasteiger partial charge is 0.462 e. The van der Waals surface area contributed by atoms with Crippen molar-refractivity contribution in [1.82, 2.24) is 14.1 Å². The Hall–Kier alpha value is -2.24. The van der Waals surface area contributed by atoms with Gasteiger partial charge in [0.2, 0.25) is 0 Å². The summed E-state index contributed by atoms with van der Waals surface area (Å²) in [6.45, 7) is 6.00. The van der Waals surface area contributed by atoms with Gasteiger partial charge in [-0.2, -0.15) is 0 Å². The topological polar surface area (TPSA) is 114 Å². The molecule has 1 aliphatic rings. The predicted octanol–water partition coefficient (Wildman–Crippen LogP) is 5.38. The lowest BCUT2D eigenvalue weighted by Crippen LogP contribution is -2.15. The van der Waals surface area contributed by atoms with Gasteiger partial charge >= 0.3 is 5.97 Å². The number of fused-ring (bicyclic) bond motifs is 1. The first-order chi connectivity index (χ1) is 16.2. The number of hydrogen-bond donors (Lipinski definition) is 2. The quantitative estimate of drug-likeness (QED) is 0.227. The zero-order valence-corrected chi connectivity index (χ0v) is 22.4. The lowest BCUT2D eigenvalue weighted by molar-refractivity contribution is 0.0527. The summed E-state index contributed by atoms with van der Waals surface area (Å²) in [5.74, 6) is 0.424. The number of nitrogens with one attached hydrogen (secondary N) is 2. The van der Waals surface area contributed by atoms with Crippen LogP contribution in [-0.4, -0.2) is 40.3 Å². The summed E-state index contributed by atoms with van der Waals surface area (Å²) in [6, 6.07) is 4.20. The molecular formula is C23H26BrN5O3S2.